The van der Waals surface area contributed by atoms with Gasteiger partial charge in [0.05, 0.1) is 16.8 Å². The Hall–Kier alpha value is -4.93. The van der Waals surface area contributed by atoms with Gasteiger partial charge in [-0.25, -0.2) is 9.69 Å². The Kier molecular flexibility index (Phi) is 9.70. The maximum absolute atomic E-state index is 13.6. The Morgan fingerprint density at radius 1 is 0.787 bits per heavy atom. The van der Waals surface area contributed by atoms with Crippen LogP contribution in [-0.2, 0) is 22.8 Å². The fraction of sp³-hybridized carbons (Fsp3) is 0.108. The molecule has 47 heavy (non-hydrogen) atoms. The monoisotopic (exact) mass is 754 g/mol. The highest BCUT2D eigenvalue weighted by atomic mass is 79.9. The van der Waals surface area contributed by atoms with Crippen molar-refractivity contribution in [3.05, 3.63) is 134 Å². The van der Waals surface area contributed by atoms with E-state index in [0.717, 1.165) is 31.3 Å². The second-order valence-electron chi connectivity index (χ2n) is 10.6. The summed E-state index contributed by atoms with van der Waals surface area (Å²) in [6, 6.07) is 31.0. The van der Waals surface area contributed by atoms with E-state index < -0.39 is 17.8 Å². The van der Waals surface area contributed by atoms with Gasteiger partial charge in [-0.15, -0.1) is 0 Å². The molecule has 0 saturated carbocycles. The van der Waals surface area contributed by atoms with Crippen molar-refractivity contribution in [1.29, 1.82) is 0 Å². The highest BCUT2D eigenvalue weighted by Gasteiger charge is 2.37. The van der Waals surface area contributed by atoms with Crippen molar-refractivity contribution in [3.63, 3.8) is 0 Å². The Balaban J connectivity index is 1.22. The van der Waals surface area contributed by atoms with E-state index in [1.54, 1.807) is 36.4 Å². The van der Waals surface area contributed by atoms with Crippen molar-refractivity contribution in [3.8, 4) is 17.2 Å². The van der Waals surface area contributed by atoms with Crippen molar-refractivity contribution in [2.75, 3.05) is 11.5 Å². The molecule has 0 radical (unpaired) electrons. The number of ether oxygens (including phenoxy) is 3. The van der Waals surface area contributed by atoms with Gasteiger partial charge in [0.15, 0.2) is 11.5 Å². The number of hydrogen-bond acceptors (Lipinski definition) is 6. The van der Waals surface area contributed by atoms with Gasteiger partial charge in [0.2, 0.25) is 0 Å². The molecular formula is C37H28Br2N2O6. The van der Waals surface area contributed by atoms with E-state index in [1.807, 2.05) is 55.5 Å². The van der Waals surface area contributed by atoms with E-state index in [2.05, 4.69) is 55.4 Å². The number of nitrogens with one attached hydrogen (secondary N) is 1. The summed E-state index contributed by atoms with van der Waals surface area (Å²) in [5, 5.41) is 4.48. The number of imide groups is 2. The van der Waals surface area contributed by atoms with Gasteiger partial charge in [-0.3, -0.25) is 14.9 Å². The normalized spacial score (nSPS) is 14.0. The van der Waals surface area contributed by atoms with Crippen LogP contribution >= 0.6 is 31.9 Å². The number of carbonyl (C=O) groups is 3. The molecule has 6 rings (SSSR count). The largest absolute Gasteiger partial charge is 0.490 e. The van der Waals surface area contributed by atoms with Crippen LogP contribution < -0.4 is 24.4 Å². The van der Waals surface area contributed by atoms with Crippen LogP contribution in [-0.4, -0.2) is 24.5 Å². The lowest BCUT2D eigenvalue weighted by molar-refractivity contribution is -0.122. The Labute approximate surface area is 288 Å². The standard InChI is InChI=1S/C37H28Br2N2O6/c1-2-45-33-20-24(19-32(39)34(33)47-22-26-8-5-7-25-6-3-4-9-30(25)26)18-31-35(42)40-37(44)41(36(31)43)28-14-16-29(17-15-28)46-21-23-10-12-27(38)13-11-23/h3-20H,2,21-22H2,1H3,(H,40,42,44)/b31-18+. The minimum atomic E-state index is -0.839. The molecular weight excluding hydrogens is 728 g/mol. The molecule has 1 aliphatic heterocycles. The lowest BCUT2D eigenvalue weighted by Crippen LogP contribution is -2.54. The van der Waals surface area contributed by atoms with Crippen LogP contribution in [0.3, 0.4) is 0 Å². The summed E-state index contributed by atoms with van der Waals surface area (Å²) >= 11 is 7.00. The molecule has 5 aromatic carbocycles. The van der Waals surface area contributed by atoms with E-state index in [9.17, 15) is 14.4 Å². The zero-order valence-corrected chi connectivity index (χ0v) is 28.3. The number of nitrogens with zero attached hydrogens (tertiary/aromatic N) is 1. The molecule has 5 aromatic rings. The first-order valence-electron chi connectivity index (χ1n) is 14.7. The number of anilines is 1. The number of fused-ring (bicyclic) bond motifs is 1. The van der Waals surface area contributed by atoms with E-state index in [-0.39, 0.29) is 11.3 Å². The van der Waals surface area contributed by atoms with Crippen molar-refractivity contribution >= 4 is 72.2 Å². The molecule has 1 N–H and O–H groups in total. The van der Waals surface area contributed by atoms with Gasteiger partial charge in [-0.2, -0.15) is 0 Å². The number of halogens is 2. The van der Waals surface area contributed by atoms with Crippen LogP contribution in [0.2, 0.25) is 0 Å². The number of hydrogen-bond donors (Lipinski definition) is 1. The van der Waals surface area contributed by atoms with Gasteiger partial charge < -0.3 is 14.2 Å². The van der Waals surface area contributed by atoms with Crippen LogP contribution in [0.25, 0.3) is 16.8 Å². The SMILES string of the molecule is CCOc1cc(/C=C2\C(=O)NC(=O)N(c3ccc(OCc4ccc(Br)cc4)cc3)C2=O)cc(Br)c1OCc1cccc2ccccc12. The molecule has 0 bridgehead atoms. The number of benzene rings is 5. The van der Waals surface area contributed by atoms with Gasteiger partial charge in [0.25, 0.3) is 11.8 Å². The molecule has 236 valence electrons. The summed E-state index contributed by atoms with van der Waals surface area (Å²) in [4.78, 5) is 40.2. The Bertz CT molecular complexity index is 2000. The van der Waals surface area contributed by atoms with Crippen LogP contribution in [0.4, 0.5) is 10.5 Å². The van der Waals surface area contributed by atoms with Crippen LogP contribution in [0.15, 0.2) is 118 Å². The van der Waals surface area contributed by atoms with Crippen LogP contribution in [0.1, 0.15) is 23.6 Å². The molecule has 8 nitrogen and oxygen atoms in total. The fourth-order valence-corrected chi connectivity index (χ4v) is 5.98. The zero-order valence-electron chi connectivity index (χ0n) is 25.2. The topological polar surface area (TPSA) is 94.2 Å². The summed E-state index contributed by atoms with van der Waals surface area (Å²) in [5.74, 6) is -0.0713. The Morgan fingerprint density at radius 3 is 2.30 bits per heavy atom. The molecule has 4 amide bonds. The third-order valence-corrected chi connectivity index (χ3v) is 8.53. The molecule has 0 atom stereocenters. The fourth-order valence-electron chi connectivity index (χ4n) is 5.14. The van der Waals surface area contributed by atoms with Gasteiger partial charge in [0.1, 0.15) is 24.5 Å². The lowest BCUT2D eigenvalue weighted by atomic mass is 10.1. The van der Waals surface area contributed by atoms with Gasteiger partial charge in [0, 0.05) is 4.47 Å². The van der Waals surface area contributed by atoms with Crippen molar-refractivity contribution in [2.24, 2.45) is 0 Å². The summed E-state index contributed by atoms with van der Waals surface area (Å²) in [6.45, 7) is 2.86. The molecule has 1 aliphatic rings. The number of urea groups is 1. The highest BCUT2D eigenvalue weighted by molar-refractivity contribution is 9.10. The van der Waals surface area contributed by atoms with Crippen molar-refractivity contribution in [2.45, 2.75) is 20.1 Å². The molecule has 1 saturated heterocycles. The first kappa shape index (κ1) is 32.0. The molecule has 0 unspecified atom stereocenters. The van der Waals surface area contributed by atoms with Crippen molar-refractivity contribution < 1.29 is 28.6 Å². The third kappa shape index (κ3) is 7.24. The first-order chi connectivity index (χ1) is 22.8. The number of barbiturate groups is 1. The molecule has 0 spiro atoms. The summed E-state index contributed by atoms with van der Waals surface area (Å²) in [7, 11) is 0. The van der Waals surface area contributed by atoms with E-state index in [4.69, 9.17) is 14.2 Å². The molecule has 10 heteroatoms. The molecule has 1 heterocycles. The number of carbonyl (C=O) groups excluding carboxylic acids is 3. The quantitative estimate of drug-likeness (QED) is 0.113. The average Bonchev–Trinajstić information content (AvgIpc) is 3.07. The van der Waals surface area contributed by atoms with Gasteiger partial charge in [-0.05, 0) is 105 Å². The van der Waals surface area contributed by atoms with Gasteiger partial charge >= 0.3 is 6.03 Å². The smallest absolute Gasteiger partial charge is 0.335 e. The predicted octanol–water partition coefficient (Wildman–Crippen LogP) is 8.59. The average molecular weight is 756 g/mol. The summed E-state index contributed by atoms with van der Waals surface area (Å²) < 4.78 is 19.5. The van der Waals surface area contributed by atoms with Crippen molar-refractivity contribution in [1.82, 2.24) is 5.32 Å². The molecule has 0 aromatic heterocycles. The van der Waals surface area contributed by atoms with E-state index >= 15 is 0 Å². The second kappa shape index (κ2) is 14.2. The van der Waals surface area contributed by atoms with Gasteiger partial charge in [-0.1, -0.05) is 70.5 Å². The van der Waals surface area contributed by atoms with Crippen LogP contribution in [0.5, 0.6) is 17.2 Å². The predicted molar refractivity (Wildman–Crippen MR) is 188 cm³/mol. The molecule has 1 fully saturated rings. The molecule has 0 aliphatic carbocycles. The number of rotatable bonds is 10. The minimum Gasteiger partial charge on any atom is -0.490 e. The third-order valence-electron chi connectivity index (χ3n) is 7.41. The zero-order chi connectivity index (χ0) is 32.9. The first-order valence-corrected chi connectivity index (χ1v) is 16.3. The van der Waals surface area contributed by atoms with E-state index in [1.165, 1.54) is 6.08 Å². The Morgan fingerprint density at radius 2 is 1.53 bits per heavy atom. The maximum Gasteiger partial charge on any atom is 0.335 e. The van der Waals surface area contributed by atoms with E-state index in [0.29, 0.717) is 47.1 Å². The van der Waals surface area contributed by atoms with Crippen LogP contribution in [0, 0.1) is 0 Å². The highest BCUT2D eigenvalue weighted by Crippen LogP contribution is 2.39. The lowest BCUT2D eigenvalue weighted by Gasteiger charge is -2.26. The maximum atomic E-state index is 13.6. The summed E-state index contributed by atoms with van der Waals surface area (Å²) in [6.07, 6.45) is 1.43. The minimum absolute atomic E-state index is 0.209. The second-order valence-corrected chi connectivity index (χ2v) is 12.3. The summed E-state index contributed by atoms with van der Waals surface area (Å²) in [5.41, 5.74) is 2.58. The number of amides is 4.